The van der Waals surface area contributed by atoms with Gasteiger partial charge in [-0.3, -0.25) is 0 Å². The van der Waals surface area contributed by atoms with Gasteiger partial charge in [-0.25, -0.2) is 0 Å². The Kier molecular flexibility index (Phi) is 3.82. The number of halogens is 2. The largest absolute Gasteiger partial charge is 0.127 e. The van der Waals surface area contributed by atoms with Gasteiger partial charge in [0.1, 0.15) is 0 Å². The minimum Gasteiger partial charge on any atom is -0.127 e. The Balaban J connectivity index is 2.47. The Morgan fingerprint density at radius 3 is 2.12 bits per heavy atom. The molecule has 0 saturated carbocycles. The minimum atomic E-state index is -0.104. The molecule has 0 amide bonds. The molecule has 2 aromatic rings. The first-order valence-corrected chi connectivity index (χ1v) is 7.09. The lowest BCUT2D eigenvalue weighted by Gasteiger charge is -2.15. The summed E-state index contributed by atoms with van der Waals surface area (Å²) in [4.78, 5) is 1.10. The van der Waals surface area contributed by atoms with E-state index in [0.717, 1.165) is 9.21 Å². The van der Waals surface area contributed by atoms with Crippen molar-refractivity contribution in [1.29, 1.82) is 0 Å². The van der Waals surface area contributed by atoms with Crippen LogP contribution in [0.5, 0.6) is 0 Å². The van der Waals surface area contributed by atoms with Gasteiger partial charge in [0.05, 0.1) is 9.71 Å². The standard InChI is InChI=1S/C14H14Cl2S/c1-8-6-9(2)13(10(3)7-8)14(16)11-4-5-12(15)17-11/h4-7,14H,1-3H3. The van der Waals surface area contributed by atoms with Crippen LogP contribution in [-0.4, -0.2) is 0 Å². The molecule has 0 fully saturated rings. The summed E-state index contributed by atoms with van der Waals surface area (Å²) in [6.45, 7) is 6.33. The first-order chi connectivity index (χ1) is 7.99. The Labute approximate surface area is 116 Å². The summed E-state index contributed by atoms with van der Waals surface area (Å²) in [5.41, 5.74) is 4.96. The fourth-order valence-corrected chi connectivity index (χ4v) is 3.80. The van der Waals surface area contributed by atoms with E-state index in [1.807, 2.05) is 12.1 Å². The molecule has 0 nitrogen and oxygen atoms in total. The maximum Gasteiger partial charge on any atom is 0.0933 e. The maximum atomic E-state index is 6.56. The molecule has 0 aliphatic carbocycles. The van der Waals surface area contributed by atoms with Crippen molar-refractivity contribution in [2.24, 2.45) is 0 Å². The number of benzene rings is 1. The van der Waals surface area contributed by atoms with E-state index in [0.29, 0.717) is 0 Å². The minimum absolute atomic E-state index is 0.104. The van der Waals surface area contributed by atoms with Crippen molar-refractivity contribution in [3.63, 3.8) is 0 Å². The number of aryl methyl sites for hydroxylation is 3. The zero-order valence-electron chi connectivity index (χ0n) is 10.1. The average Bonchev–Trinajstić information content (AvgIpc) is 2.63. The van der Waals surface area contributed by atoms with Gasteiger partial charge in [-0.15, -0.1) is 22.9 Å². The average molecular weight is 285 g/mol. The summed E-state index contributed by atoms with van der Waals surface area (Å²) >= 11 is 14.1. The van der Waals surface area contributed by atoms with Crippen LogP contribution in [0.4, 0.5) is 0 Å². The highest BCUT2D eigenvalue weighted by atomic mass is 35.5. The molecule has 0 aliphatic heterocycles. The monoisotopic (exact) mass is 284 g/mol. The van der Waals surface area contributed by atoms with Crippen LogP contribution >= 0.6 is 34.5 Å². The van der Waals surface area contributed by atoms with E-state index in [9.17, 15) is 0 Å². The van der Waals surface area contributed by atoms with Crippen molar-refractivity contribution < 1.29 is 0 Å². The second-order valence-electron chi connectivity index (χ2n) is 4.32. The van der Waals surface area contributed by atoms with E-state index in [1.165, 1.54) is 22.3 Å². The number of hydrogen-bond acceptors (Lipinski definition) is 1. The van der Waals surface area contributed by atoms with E-state index in [2.05, 4.69) is 32.9 Å². The zero-order valence-corrected chi connectivity index (χ0v) is 12.4. The first kappa shape index (κ1) is 12.9. The van der Waals surface area contributed by atoms with Gasteiger partial charge in [-0.1, -0.05) is 29.3 Å². The van der Waals surface area contributed by atoms with E-state index < -0.39 is 0 Å². The van der Waals surface area contributed by atoms with E-state index in [1.54, 1.807) is 11.3 Å². The van der Waals surface area contributed by atoms with Crippen molar-refractivity contribution in [3.05, 3.63) is 55.7 Å². The molecule has 1 heterocycles. The van der Waals surface area contributed by atoms with Crippen LogP contribution in [0.1, 0.15) is 32.5 Å². The molecule has 1 unspecified atom stereocenters. The first-order valence-electron chi connectivity index (χ1n) is 5.46. The van der Waals surface area contributed by atoms with Crippen molar-refractivity contribution in [2.75, 3.05) is 0 Å². The number of rotatable bonds is 2. The summed E-state index contributed by atoms with van der Waals surface area (Å²) < 4.78 is 0.785. The highest BCUT2D eigenvalue weighted by molar-refractivity contribution is 7.16. The van der Waals surface area contributed by atoms with Gasteiger partial charge >= 0.3 is 0 Å². The van der Waals surface area contributed by atoms with Crippen molar-refractivity contribution >= 4 is 34.5 Å². The molecule has 2 rings (SSSR count). The van der Waals surface area contributed by atoms with Gasteiger partial charge in [0.2, 0.25) is 0 Å². The fourth-order valence-electron chi connectivity index (χ4n) is 2.20. The Bertz CT molecular complexity index is 520. The topological polar surface area (TPSA) is 0 Å². The van der Waals surface area contributed by atoms with Gasteiger partial charge in [-0.05, 0) is 49.6 Å². The van der Waals surface area contributed by atoms with Gasteiger partial charge in [0, 0.05) is 4.88 Å². The molecule has 0 radical (unpaired) electrons. The molecule has 0 spiro atoms. The van der Waals surface area contributed by atoms with Crippen LogP contribution in [0.15, 0.2) is 24.3 Å². The quantitative estimate of drug-likeness (QED) is 0.625. The van der Waals surface area contributed by atoms with E-state index in [4.69, 9.17) is 23.2 Å². The van der Waals surface area contributed by atoms with Gasteiger partial charge < -0.3 is 0 Å². The summed E-state index contributed by atoms with van der Waals surface area (Å²) in [6.07, 6.45) is 0. The van der Waals surface area contributed by atoms with Crippen LogP contribution in [0, 0.1) is 20.8 Å². The zero-order chi connectivity index (χ0) is 12.6. The molecular weight excluding hydrogens is 271 g/mol. The van der Waals surface area contributed by atoms with Crippen molar-refractivity contribution in [2.45, 2.75) is 26.1 Å². The molecule has 3 heteroatoms. The summed E-state index contributed by atoms with van der Waals surface area (Å²) in [5.74, 6) is 0. The molecule has 0 aliphatic rings. The van der Waals surface area contributed by atoms with E-state index in [-0.39, 0.29) is 5.38 Å². The second kappa shape index (κ2) is 5.01. The summed E-state index contributed by atoms with van der Waals surface area (Å²) in [5, 5.41) is -0.104. The van der Waals surface area contributed by atoms with Gasteiger partial charge in [-0.2, -0.15) is 0 Å². The highest BCUT2D eigenvalue weighted by Crippen LogP contribution is 2.38. The Hall–Kier alpha value is -0.500. The van der Waals surface area contributed by atoms with E-state index >= 15 is 0 Å². The molecule has 1 atom stereocenters. The predicted molar refractivity (Wildman–Crippen MR) is 77.7 cm³/mol. The molecule has 0 N–H and O–H groups in total. The lowest BCUT2D eigenvalue weighted by Crippen LogP contribution is -1.98. The smallest absolute Gasteiger partial charge is 0.0933 e. The SMILES string of the molecule is Cc1cc(C)c(C(Cl)c2ccc(Cl)s2)c(C)c1. The number of thiophene rings is 1. The predicted octanol–water partition coefficient (Wildman–Crippen LogP) is 5.65. The fraction of sp³-hybridized carbons (Fsp3) is 0.286. The van der Waals surface area contributed by atoms with Gasteiger partial charge in [0.25, 0.3) is 0 Å². The lowest BCUT2D eigenvalue weighted by atomic mass is 9.96. The Morgan fingerprint density at radius 2 is 1.65 bits per heavy atom. The number of alkyl halides is 1. The summed E-state index contributed by atoms with van der Waals surface area (Å²) in [6, 6.07) is 8.25. The van der Waals surface area contributed by atoms with Crippen LogP contribution in [0.25, 0.3) is 0 Å². The Morgan fingerprint density at radius 1 is 1.06 bits per heavy atom. The van der Waals surface area contributed by atoms with Crippen LogP contribution in [-0.2, 0) is 0 Å². The third-order valence-corrected chi connectivity index (χ3v) is 4.71. The second-order valence-corrected chi connectivity index (χ2v) is 6.50. The number of hydrogen-bond donors (Lipinski definition) is 0. The molecule has 1 aromatic carbocycles. The van der Waals surface area contributed by atoms with Crippen LogP contribution < -0.4 is 0 Å². The third kappa shape index (κ3) is 2.67. The third-order valence-electron chi connectivity index (χ3n) is 2.84. The molecule has 90 valence electrons. The molecular formula is C14H14Cl2S. The van der Waals surface area contributed by atoms with Crippen LogP contribution in [0.2, 0.25) is 4.34 Å². The van der Waals surface area contributed by atoms with Crippen molar-refractivity contribution in [3.8, 4) is 0 Å². The summed E-state index contributed by atoms with van der Waals surface area (Å²) in [7, 11) is 0. The maximum absolute atomic E-state index is 6.56. The molecule has 0 saturated heterocycles. The van der Waals surface area contributed by atoms with Crippen molar-refractivity contribution in [1.82, 2.24) is 0 Å². The highest BCUT2D eigenvalue weighted by Gasteiger charge is 2.17. The lowest BCUT2D eigenvalue weighted by molar-refractivity contribution is 1.10. The molecule has 0 bridgehead atoms. The molecule has 17 heavy (non-hydrogen) atoms. The van der Waals surface area contributed by atoms with Crippen LogP contribution in [0.3, 0.4) is 0 Å². The normalized spacial score (nSPS) is 12.8. The molecule has 1 aromatic heterocycles. The van der Waals surface area contributed by atoms with Gasteiger partial charge in [0.15, 0.2) is 0 Å².